The fourth-order valence-electron chi connectivity index (χ4n) is 0.862. The van der Waals surface area contributed by atoms with Crippen LogP contribution in [0.15, 0.2) is 24.3 Å². The Balaban J connectivity index is 3.06. The molecule has 0 heterocycles. The third kappa shape index (κ3) is 2.61. The van der Waals surface area contributed by atoms with Gasteiger partial charge in [0.1, 0.15) is 0 Å². The Bertz CT molecular complexity index is 349. The predicted octanol–water partition coefficient (Wildman–Crippen LogP) is 3.86. The molecule has 0 N–H and O–H groups in total. The second-order valence-electron chi connectivity index (χ2n) is 2.32. The Kier molecular flexibility index (Phi) is 3.75. The van der Waals surface area contributed by atoms with Crippen LogP contribution >= 0.6 is 34.8 Å². The molecule has 0 saturated heterocycles. The molecule has 0 radical (unpaired) electrons. The number of carbonyl (C=O) groups is 2. The molecule has 1 aromatic rings. The number of rotatable bonds is 1. The van der Waals surface area contributed by atoms with Crippen LogP contribution in [-0.4, -0.2) is 10.7 Å². The van der Waals surface area contributed by atoms with Crippen LogP contribution in [0.25, 0.3) is 0 Å². The minimum atomic E-state index is -0.965. The summed E-state index contributed by atoms with van der Waals surface area (Å²) in [5.74, 6) is 0. The van der Waals surface area contributed by atoms with Gasteiger partial charge in [0.2, 0.25) is 0 Å². The van der Waals surface area contributed by atoms with Gasteiger partial charge in [-0.05, 0) is 47.5 Å². The number of hydrogen-bond donors (Lipinski definition) is 0. The molecule has 6 heteroatoms. The molecule has 0 bridgehead atoms. The topological polar surface area (TPSA) is 37.4 Å². The van der Waals surface area contributed by atoms with Crippen LogP contribution in [0.5, 0.6) is 0 Å². The first kappa shape index (κ1) is 11.3. The first-order valence-corrected chi connectivity index (χ1v) is 4.60. The van der Waals surface area contributed by atoms with E-state index < -0.39 is 10.7 Å². The van der Waals surface area contributed by atoms with Crippen molar-refractivity contribution in [2.75, 3.05) is 4.90 Å². The zero-order valence-electron chi connectivity index (χ0n) is 6.71. The fraction of sp³-hybridized carbons (Fsp3) is 0. The van der Waals surface area contributed by atoms with Gasteiger partial charge in [-0.3, -0.25) is 9.59 Å². The molecule has 0 spiro atoms. The van der Waals surface area contributed by atoms with Crippen LogP contribution in [0.2, 0.25) is 5.02 Å². The van der Waals surface area contributed by atoms with Crippen LogP contribution in [0.3, 0.4) is 0 Å². The molecule has 0 aliphatic heterocycles. The monoisotopic (exact) mass is 251 g/mol. The molecule has 0 aliphatic carbocycles. The van der Waals surface area contributed by atoms with Crippen molar-refractivity contribution in [2.45, 2.75) is 0 Å². The molecule has 0 saturated carbocycles. The normalized spacial score (nSPS) is 9.64. The predicted molar refractivity (Wildman–Crippen MR) is 56.4 cm³/mol. The SMILES string of the molecule is O=C(Cl)N(C(=O)Cl)c1ccc(Cl)cc1. The minimum absolute atomic E-state index is 0.273. The van der Waals surface area contributed by atoms with Crippen LogP contribution in [0.4, 0.5) is 15.3 Å². The van der Waals surface area contributed by atoms with Gasteiger partial charge in [0.05, 0.1) is 5.69 Å². The number of amides is 2. The summed E-state index contributed by atoms with van der Waals surface area (Å²) in [6.45, 7) is 0. The van der Waals surface area contributed by atoms with Crippen molar-refractivity contribution in [1.82, 2.24) is 0 Å². The van der Waals surface area contributed by atoms with Crippen LogP contribution in [-0.2, 0) is 0 Å². The van der Waals surface area contributed by atoms with E-state index in [1.54, 1.807) is 0 Å². The molecular formula is C8H4Cl3NO2. The smallest absolute Gasteiger partial charge is 0.254 e. The van der Waals surface area contributed by atoms with Crippen molar-refractivity contribution in [3.8, 4) is 0 Å². The highest BCUT2D eigenvalue weighted by Gasteiger charge is 2.19. The second kappa shape index (κ2) is 4.64. The second-order valence-corrected chi connectivity index (χ2v) is 3.40. The van der Waals surface area contributed by atoms with Crippen molar-refractivity contribution in [1.29, 1.82) is 0 Å². The van der Waals surface area contributed by atoms with Gasteiger partial charge >= 0.3 is 10.7 Å². The summed E-state index contributed by atoms with van der Waals surface area (Å²) in [6.07, 6.45) is 0. The van der Waals surface area contributed by atoms with Crippen molar-refractivity contribution in [3.05, 3.63) is 29.3 Å². The zero-order chi connectivity index (χ0) is 10.7. The zero-order valence-corrected chi connectivity index (χ0v) is 8.97. The van der Waals surface area contributed by atoms with Gasteiger partial charge in [-0.25, -0.2) is 4.90 Å². The van der Waals surface area contributed by atoms with Crippen molar-refractivity contribution in [3.63, 3.8) is 0 Å². The van der Waals surface area contributed by atoms with Crippen LogP contribution in [0, 0.1) is 0 Å². The number of hydrogen-bond acceptors (Lipinski definition) is 2. The molecule has 0 fully saturated rings. The Morgan fingerprint density at radius 2 is 1.43 bits per heavy atom. The fourth-order valence-corrected chi connectivity index (χ4v) is 1.38. The third-order valence-corrected chi connectivity index (χ3v) is 2.03. The number of halogens is 3. The van der Waals surface area contributed by atoms with E-state index in [1.165, 1.54) is 24.3 Å². The summed E-state index contributed by atoms with van der Waals surface area (Å²) < 4.78 is 0. The summed E-state index contributed by atoms with van der Waals surface area (Å²) >= 11 is 15.9. The Morgan fingerprint density at radius 3 is 1.79 bits per heavy atom. The molecule has 1 aromatic carbocycles. The highest BCUT2D eigenvalue weighted by atomic mass is 35.5. The molecule has 0 aliphatic rings. The van der Waals surface area contributed by atoms with E-state index in [1.807, 2.05) is 0 Å². The quantitative estimate of drug-likeness (QED) is 0.562. The summed E-state index contributed by atoms with van der Waals surface area (Å²) in [7, 11) is 0. The van der Waals surface area contributed by atoms with E-state index in [9.17, 15) is 9.59 Å². The molecule has 0 aromatic heterocycles. The Morgan fingerprint density at radius 1 is 1.00 bits per heavy atom. The lowest BCUT2D eigenvalue weighted by atomic mass is 10.3. The van der Waals surface area contributed by atoms with Gasteiger partial charge < -0.3 is 0 Å². The molecule has 74 valence electrons. The highest BCUT2D eigenvalue weighted by Crippen LogP contribution is 2.20. The van der Waals surface area contributed by atoms with Gasteiger partial charge in [0.15, 0.2) is 0 Å². The lowest BCUT2D eigenvalue weighted by Crippen LogP contribution is -2.27. The van der Waals surface area contributed by atoms with E-state index in [0.29, 0.717) is 9.92 Å². The Labute approximate surface area is 95.2 Å². The average Bonchev–Trinajstić information content (AvgIpc) is 2.07. The van der Waals surface area contributed by atoms with Gasteiger partial charge in [0, 0.05) is 5.02 Å². The van der Waals surface area contributed by atoms with Gasteiger partial charge in [-0.15, -0.1) is 0 Å². The maximum atomic E-state index is 10.8. The first-order valence-electron chi connectivity index (χ1n) is 3.47. The maximum Gasteiger partial charge on any atom is 0.328 e. The number of nitrogens with zero attached hydrogens (tertiary/aromatic N) is 1. The van der Waals surface area contributed by atoms with E-state index >= 15 is 0 Å². The lowest BCUT2D eigenvalue weighted by Gasteiger charge is -2.13. The molecule has 14 heavy (non-hydrogen) atoms. The summed E-state index contributed by atoms with van der Waals surface area (Å²) in [5.41, 5.74) is 0.273. The standard InChI is InChI=1S/C8H4Cl3NO2/c9-5-1-3-6(4-2-5)12(7(10)13)8(11)14/h1-4H. The minimum Gasteiger partial charge on any atom is -0.254 e. The largest absolute Gasteiger partial charge is 0.328 e. The van der Waals surface area contributed by atoms with E-state index in [2.05, 4.69) is 0 Å². The van der Waals surface area contributed by atoms with E-state index in [0.717, 1.165) is 0 Å². The summed E-state index contributed by atoms with van der Waals surface area (Å²) in [5, 5.41) is -1.45. The third-order valence-electron chi connectivity index (χ3n) is 1.44. The molecule has 2 amide bonds. The summed E-state index contributed by atoms with van der Waals surface area (Å²) in [6, 6.07) is 5.96. The maximum absolute atomic E-state index is 10.8. The average molecular weight is 252 g/mol. The number of anilines is 1. The van der Waals surface area contributed by atoms with Crippen molar-refractivity contribution in [2.24, 2.45) is 0 Å². The molecule has 1 rings (SSSR count). The molecule has 0 atom stereocenters. The molecular weight excluding hydrogens is 248 g/mol. The lowest BCUT2D eigenvalue weighted by molar-refractivity contribution is 0.255. The first-order chi connectivity index (χ1) is 6.52. The van der Waals surface area contributed by atoms with Gasteiger partial charge in [-0.2, -0.15) is 0 Å². The molecule has 0 unspecified atom stereocenters. The van der Waals surface area contributed by atoms with Crippen LogP contribution in [0.1, 0.15) is 0 Å². The number of carbonyl (C=O) groups excluding carboxylic acids is 2. The van der Waals surface area contributed by atoms with Crippen molar-refractivity contribution >= 4 is 51.2 Å². The van der Waals surface area contributed by atoms with E-state index in [4.69, 9.17) is 34.8 Å². The van der Waals surface area contributed by atoms with E-state index in [-0.39, 0.29) is 5.69 Å². The van der Waals surface area contributed by atoms with Gasteiger partial charge in [0.25, 0.3) is 0 Å². The van der Waals surface area contributed by atoms with Gasteiger partial charge in [-0.1, -0.05) is 11.6 Å². The number of imide groups is 1. The number of benzene rings is 1. The summed E-state index contributed by atoms with van der Waals surface area (Å²) in [4.78, 5) is 22.3. The van der Waals surface area contributed by atoms with Crippen molar-refractivity contribution < 1.29 is 9.59 Å². The Hall–Kier alpha value is -0.770. The molecule has 3 nitrogen and oxygen atoms in total. The van der Waals surface area contributed by atoms with Crippen LogP contribution < -0.4 is 4.90 Å². The highest BCUT2D eigenvalue weighted by molar-refractivity contribution is 6.76.